The Labute approximate surface area is 135 Å². The van der Waals surface area contributed by atoms with Crippen LogP contribution in [-0.2, 0) is 9.59 Å². The number of aliphatic hydroxyl groups is 1. The van der Waals surface area contributed by atoms with E-state index in [1.807, 2.05) is 24.3 Å². The summed E-state index contributed by atoms with van der Waals surface area (Å²) in [7, 11) is 1.60. The van der Waals surface area contributed by atoms with Crippen LogP contribution >= 0.6 is 0 Å². The van der Waals surface area contributed by atoms with Crippen molar-refractivity contribution in [3.63, 3.8) is 0 Å². The maximum absolute atomic E-state index is 12.6. The molecule has 2 aliphatic rings. The summed E-state index contributed by atoms with van der Waals surface area (Å²) >= 11 is 0. The van der Waals surface area contributed by atoms with Crippen LogP contribution in [0, 0.1) is 5.92 Å². The molecule has 0 saturated carbocycles. The standard InChI is InChI=1S/C17H22N2O4/c1-23-15-4-2-13(3-5-15)19-11-12(10-16(19)21)17(22)18-8-6-14(20)7-9-18/h2-5,12,14,20H,6-11H2,1H3. The summed E-state index contributed by atoms with van der Waals surface area (Å²) in [5.74, 6) is 0.451. The monoisotopic (exact) mass is 318 g/mol. The lowest BCUT2D eigenvalue weighted by molar-refractivity contribution is -0.137. The summed E-state index contributed by atoms with van der Waals surface area (Å²) in [6.07, 6.45) is 1.19. The largest absolute Gasteiger partial charge is 0.497 e. The highest BCUT2D eigenvalue weighted by atomic mass is 16.5. The van der Waals surface area contributed by atoms with Crippen LogP contribution in [0.5, 0.6) is 5.75 Å². The van der Waals surface area contributed by atoms with Crippen molar-refractivity contribution in [2.75, 3.05) is 31.6 Å². The summed E-state index contributed by atoms with van der Waals surface area (Å²) < 4.78 is 5.12. The van der Waals surface area contributed by atoms with Crippen LogP contribution in [0.1, 0.15) is 19.3 Å². The second-order valence-corrected chi connectivity index (χ2v) is 6.16. The number of piperidine rings is 1. The molecule has 3 rings (SSSR count). The molecule has 23 heavy (non-hydrogen) atoms. The molecular weight excluding hydrogens is 296 g/mol. The Bertz CT molecular complexity index is 579. The molecule has 1 unspecified atom stereocenters. The lowest BCUT2D eigenvalue weighted by Crippen LogP contribution is -2.43. The molecule has 1 N–H and O–H groups in total. The van der Waals surface area contributed by atoms with Gasteiger partial charge in [0.2, 0.25) is 11.8 Å². The molecule has 6 heteroatoms. The second kappa shape index (κ2) is 6.58. The highest BCUT2D eigenvalue weighted by Gasteiger charge is 2.37. The van der Waals surface area contributed by atoms with Gasteiger partial charge in [0.05, 0.1) is 19.1 Å². The molecule has 2 aliphatic heterocycles. The molecule has 2 saturated heterocycles. The third-order valence-corrected chi connectivity index (χ3v) is 4.63. The third kappa shape index (κ3) is 3.32. The van der Waals surface area contributed by atoms with Crippen LogP contribution in [0.15, 0.2) is 24.3 Å². The summed E-state index contributed by atoms with van der Waals surface area (Å²) in [4.78, 5) is 28.3. The molecule has 1 atom stereocenters. The first kappa shape index (κ1) is 15.8. The van der Waals surface area contributed by atoms with Crippen LogP contribution in [0.3, 0.4) is 0 Å². The molecule has 2 fully saturated rings. The Balaban J connectivity index is 1.65. The normalized spacial score (nSPS) is 22.5. The number of ether oxygens (including phenoxy) is 1. The van der Waals surface area contributed by atoms with Crippen molar-refractivity contribution in [2.45, 2.75) is 25.4 Å². The van der Waals surface area contributed by atoms with Crippen LogP contribution < -0.4 is 9.64 Å². The fourth-order valence-electron chi connectivity index (χ4n) is 3.23. The van der Waals surface area contributed by atoms with Crippen LogP contribution in [0.25, 0.3) is 0 Å². The van der Waals surface area contributed by atoms with Crippen molar-refractivity contribution < 1.29 is 19.4 Å². The molecule has 0 bridgehead atoms. The van der Waals surface area contributed by atoms with Crippen molar-refractivity contribution >= 4 is 17.5 Å². The zero-order valence-corrected chi connectivity index (χ0v) is 13.3. The van der Waals surface area contributed by atoms with E-state index < -0.39 is 0 Å². The van der Waals surface area contributed by atoms with Gasteiger partial charge >= 0.3 is 0 Å². The Hall–Kier alpha value is -2.08. The Morgan fingerprint density at radius 2 is 1.87 bits per heavy atom. The average molecular weight is 318 g/mol. The van der Waals surface area contributed by atoms with Crippen molar-refractivity contribution in [1.82, 2.24) is 4.90 Å². The Morgan fingerprint density at radius 1 is 1.22 bits per heavy atom. The van der Waals surface area contributed by atoms with Gasteiger partial charge in [-0.05, 0) is 37.1 Å². The summed E-state index contributed by atoms with van der Waals surface area (Å²) in [6, 6.07) is 7.29. The number of aliphatic hydroxyl groups excluding tert-OH is 1. The van der Waals surface area contributed by atoms with Gasteiger partial charge in [-0.15, -0.1) is 0 Å². The third-order valence-electron chi connectivity index (χ3n) is 4.63. The number of anilines is 1. The SMILES string of the molecule is COc1ccc(N2CC(C(=O)N3CCC(O)CC3)CC2=O)cc1. The number of rotatable bonds is 3. The van der Waals surface area contributed by atoms with Gasteiger partial charge in [-0.25, -0.2) is 0 Å². The minimum absolute atomic E-state index is 0.0226. The van der Waals surface area contributed by atoms with Gasteiger partial charge in [0.25, 0.3) is 0 Å². The maximum atomic E-state index is 12.6. The number of benzene rings is 1. The lowest BCUT2D eigenvalue weighted by Gasteiger charge is -2.31. The van der Waals surface area contributed by atoms with E-state index in [0.29, 0.717) is 32.5 Å². The molecule has 0 aromatic heterocycles. The molecule has 124 valence electrons. The minimum atomic E-state index is -0.306. The average Bonchev–Trinajstić information content (AvgIpc) is 2.97. The zero-order chi connectivity index (χ0) is 16.4. The molecule has 1 aromatic carbocycles. The van der Waals surface area contributed by atoms with Gasteiger partial charge < -0.3 is 19.6 Å². The van der Waals surface area contributed by atoms with E-state index in [-0.39, 0.29) is 30.3 Å². The number of hydrogen-bond acceptors (Lipinski definition) is 4. The van der Waals surface area contributed by atoms with Gasteiger partial charge in [-0.3, -0.25) is 9.59 Å². The van der Waals surface area contributed by atoms with Crippen LogP contribution in [0.4, 0.5) is 5.69 Å². The number of likely N-dealkylation sites (tertiary alicyclic amines) is 1. The Morgan fingerprint density at radius 3 is 2.48 bits per heavy atom. The van der Waals surface area contributed by atoms with Gasteiger partial charge in [-0.1, -0.05) is 0 Å². The molecule has 0 aliphatic carbocycles. The van der Waals surface area contributed by atoms with Gasteiger partial charge in [-0.2, -0.15) is 0 Å². The Kier molecular flexibility index (Phi) is 4.52. The van der Waals surface area contributed by atoms with Crippen molar-refractivity contribution in [3.05, 3.63) is 24.3 Å². The molecule has 0 spiro atoms. The van der Waals surface area contributed by atoms with Crippen molar-refractivity contribution in [3.8, 4) is 5.75 Å². The fraction of sp³-hybridized carbons (Fsp3) is 0.529. The lowest BCUT2D eigenvalue weighted by atomic mass is 10.0. The van der Waals surface area contributed by atoms with E-state index in [2.05, 4.69) is 0 Å². The molecule has 2 heterocycles. The van der Waals surface area contributed by atoms with Crippen molar-refractivity contribution in [1.29, 1.82) is 0 Å². The van der Waals surface area contributed by atoms with Crippen LogP contribution in [-0.4, -0.2) is 54.7 Å². The number of carbonyl (C=O) groups excluding carboxylic acids is 2. The first-order valence-corrected chi connectivity index (χ1v) is 7.99. The summed E-state index contributed by atoms with van der Waals surface area (Å²) in [5, 5.41) is 9.54. The van der Waals surface area contributed by atoms with E-state index >= 15 is 0 Å². The predicted octanol–water partition coefficient (Wildman–Crippen LogP) is 1.03. The fourth-order valence-corrected chi connectivity index (χ4v) is 3.23. The van der Waals surface area contributed by atoms with E-state index in [0.717, 1.165) is 11.4 Å². The van der Waals surface area contributed by atoms with Crippen LogP contribution in [0.2, 0.25) is 0 Å². The number of hydrogen-bond donors (Lipinski definition) is 1. The molecular formula is C17H22N2O4. The number of amides is 2. The highest BCUT2D eigenvalue weighted by molar-refractivity contribution is 6.00. The van der Waals surface area contributed by atoms with Crippen molar-refractivity contribution in [2.24, 2.45) is 5.92 Å². The molecule has 2 amide bonds. The summed E-state index contributed by atoms with van der Waals surface area (Å²) in [6.45, 7) is 1.57. The first-order valence-electron chi connectivity index (χ1n) is 7.99. The number of carbonyl (C=O) groups is 2. The van der Waals surface area contributed by atoms with Gasteiger partial charge in [0.1, 0.15) is 5.75 Å². The number of methoxy groups -OCH3 is 1. The smallest absolute Gasteiger partial charge is 0.228 e. The molecule has 1 aromatic rings. The van der Waals surface area contributed by atoms with Gasteiger partial charge in [0.15, 0.2) is 0 Å². The van der Waals surface area contributed by atoms with Gasteiger partial charge in [0, 0.05) is 31.7 Å². The second-order valence-electron chi connectivity index (χ2n) is 6.16. The van der Waals surface area contributed by atoms with E-state index in [4.69, 9.17) is 4.74 Å². The minimum Gasteiger partial charge on any atom is -0.497 e. The number of nitrogens with zero attached hydrogens (tertiary/aromatic N) is 2. The van der Waals surface area contributed by atoms with E-state index in [1.54, 1.807) is 16.9 Å². The zero-order valence-electron chi connectivity index (χ0n) is 13.3. The molecule has 6 nitrogen and oxygen atoms in total. The first-order chi connectivity index (χ1) is 11.1. The predicted molar refractivity (Wildman–Crippen MR) is 85.3 cm³/mol. The quantitative estimate of drug-likeness (QED) is 0.904. The summed E-state index contributed by atoms with van der Waals surface area (Å²) in [5.41, 5.74) is 0.792. The molecule has 0 radical (unpaired) electrons. The highest BCUT2D eigenvalue weighted by Crippen LogP contribution is 2.28. The maximum Gasteiger partial charge on any atom is 0.228 e. The van der Waals surface area contributed by atoms with E-state index in [9.17, 15) is 14.7 Å². The topological polar surface area (TPSA) is 70.1 Å². The van der Waals surface area contributed by atoms with E-state index in [1.165, 1.54) is 0 Å².